The van der Waals surface area contributed by atoms with E-state index in [9.17, 15) is 0 Å². The molecule has 4 heteroatoms. The fourth-order valence-electron chi connectivity index (χ4n) is 4.11. The first-order valence-corrected chi connectivity index (χ1v) is 9.68. The molecule has 138 valence electrons. The molecule has 1 fully saturated rings. The number of ether oxygens (including phenoxy) is 2. The summed E-state index contributed by atoms with van der Waals surface area (Å²) in [4.78, 5) is 2.47. The smallest absolute Gasteiger partial charge is 0.159 e. The SMILES string of the molecule is CN(CCOc1ccccc1)C1CCC(c2ccc3c(c2)OCN3)CC1. The van der Waals surface area contributed by atoms with E-state index in [4.69, 9.17) is 9.47 Å². The van der Waals surface area contributed by atoms with Crippen LogP contribution < -0.4 is 14.8 Å². The van der Waals surface area contributed by atoms with Gasteiger partial charge in [0.25, 0.3) is 0 Å². The average molecular weight is 352 g/mol. The Balaban J connectivity index is 1.24. The van der Waals surface area contributed by atoms with Crippen molar-refractivity contribution in [1.82, 2.24) is 4.90 Å². The van der Waals surface area contributed by atoms with Gasteiger partial charge in [-0.3, -0.25) is 0 Å². The topological polar surface area (TPSA) is 33.7 Å². The maximum absolute atomic E-state index is 5.84. The van der Waals surface area contributed by atoms with E-state index >= 15 is 0 Å². The number of anilines is 1. The minimum atomic E-state index is 0.599. The van der Waals surface area contributed by atoms with Crippen molar-refractivity contribution < 1.29 is 9.47 Å². The molecule has 0 radical (unpaired) electrons. The summed E-state index contributed by atoms with van der Waals surface area (Å²) in [6, 6.07) is 17.4. The first-order chi connectivity index (χ1) is 12.8. The van der Waals surface area contributed by atoms with Crippen molar-refractivity contribution in [1.29, 1.82) is 0 Å². The van der Waals surface area contributed by atoms with Crippen molar-refractivity contribution >= 4 is 5.69 Å². The molecule has 1 aliphatic heterocycles. The number of fused-ring (bicyclic) bond motifs is 1. The summed E-state index contributed by atoms with van der Waals surface area (Å²) in [5.41, 5.74) is 2.56. The van der Waals surface area contributed by atoms with Crippen LogP contribution in [-0.4, -0.2) is 37.9 Å². The molecule has 0 saturated heterocycles. The lowest BCUT2D eigenvalue weighted by Crippen LogP contribution is -2.37. The Kier molecular flexibility index (Phi) is 5.30. The van der Waals surface area contributed by atoms with Crippen LogP contribution in [0.2, 0.25) is 0 Å². The van der Waals surface area contributed by atoms with Gasteiger partial charge in [0.05, 0.1) is 5.69 Å². The highest BCUT2D eigenvalue weighted by Crippen LogP contribution is 2.38. The van der Waals surface area contributed by atoms with E-state index in [0.29, 0.717) is 18.7 Å². The van der Waals surface area contributed by atoms with Gasteiger partial charge in [-0.1, -0.05) is 24.3 Å². The quantitative estimate of drug-likeness (QED) is 0.831. The van der Waals surface area contributed by atoms with E-state index in [1.54, 1.807) is 0 Å². The highest BCUT2D eigenvalue weighted by molar-refractivity contribution is 5.60. The Hall–Kier alpha value is -2.20. The average Bonchev–Trinajstić information content (AvgIpc) is 3.17. The van der Waals surface area contributed by atoms with E-state index in [-0.39, 0.29) is 0 Å². The zero-order valence-electron chi connectivity index (χ0n) is 15.5. The summed E-state index contributed by atoms with van der Waals surface area (Å²) in [6.45, 7) is 2.32. The molecule has 1 saturated carbocycles. The molecule has 4 nitrogen and oxygen atoms in total. The molecular weight excluding hydrogens is 324 g/mol. The summed E-state index contributed by atoms with van der Waals surface area (Å²) in [7, 11) is 2.23. The number of rotatable bonds is 6. The first-order valence-electron chi connectivity index (χ1n) is 9.68. The lowest BCUT2D eigenvalue weighted by molar-refractivity contribution is 0.154. The fraction of sp³-hybridized carbons (Fsp3) is 0.455. The Morgan fingerprint density at radius 3 is 2.69 bits per heavy atom. The number of hydrogen-bond donors (Lipinski definition) is 1. The third kappa shape index (κ3) is 3.96. The lowest BCUT2D eigenvalue weighted by atomic mass is 9.81. The Bertz CT molecular complexity index is 711. The van der Waals surface area contributed by atoms with Crippen molar-refractivity contribution in [3.8, 4) is 11.5 Å². The van der Waals surface area contributed by atoms with Crippen LogP contribution >= 0.6 is 0 Å². The van der Waals surface area contributed by atoms with Gasteiger partial charge in [-0.25, -0.2) is 0 Å². The second-order valence-electron chi connectivity index (χ2n) is 7.37. The molecule has 1 heterocycles. The standard InChI is InChI=1S/C22H28N2O2/c1-24(13-14-25-20-5-3-2-4-6-20)19-10-7-17(8-11-19)18-9-12-21-22(15-18)26-16-23-21/h2-6,9,12,15,17,19,23H,7-8,10-11,13-14,16H2,1H3. The lowest BCUT2D eigenvalue weighted by Gasteiger charge is -2.35. The maximum atomic E-state index is 5.84. The summed E-state index contributed by atoms with van der Waals surface area (Å²) >= 11 is 0. The monoisotopic (exact) mass is 352 g/mol. The van der Waals surface area contributed by atoms with Gasteiger partial charge in [-0.05, 0) is 68.5 Å². The summed E-state index contributed by atoms with van der Waals surface area (Å²) in [5, 5.41) is 3.24. The Labute approximate surface area is 156 Å². The van der Waals surface area contributed by atoms with Crippen LogP contribution in [0.4, 0.5) is 5.69 Å². The molecular formula is C22H28N2O2. The van der Waals surface area contributed by atoms with Crippen LogP contribution in [0.25, 0.3) is 0 Å². The van der Waals surface area contributed by atoms with E-state index in [2.05, 4.69) is 35.5 Å². The summed E-state index contributed by atoms with van der Waals surface area (Å²) < 4.78 is 11.5. The van der Waals surface area contributed by atoms with E-state index < -0.39 is 0 Å². The molecule has 0 spiro atoms. The van der Waals surface area contributed by atoms with Crippen molar-refractivity contribution in [2.24, 2.45) is 0 Å². The van der Waals surface area contributed by atoms with Gasteiger partial charge in [0, 0.05) is 12.6 Å². The van der Waals surface area contributed by atoms with E-state index in [1.165, 1.54) is 31.2 Å². The molecule has 0 amide bonds. The van der Waals surface area contributed by atoms with Gasteiger partial charge in [0.15, 0.2) is 6.73 Å². The molecule has 1 aliphatic carbocycles. The van der Waals surface area contributed by atoms with Crippen LogP contribution in [0, 0.1) is 0 Å². The zero-order chi connectivity index (χ0) is 17.8. The molecule has 4 rings (SSSR count). The number of hydrogen-bond acceptors (Lipinski definition) is 4. The molecule has 1 N–H and O–H groups in total. The minimum Gasteiger partial charge on any atom is -0.492 e. The zero-order valence-corrected chi connectivity index (χ0v) is 15.5. The molecule has 26 heavy (non-hydrogen) atoms. The molecule has 2 aromatic rings. The van der Waals surface area contributed by atoms with Crippen molar-refractivity contribution in [2.75, 3.05) is 32.2 Å². The van der Waals surface area contributed by atoms with Crippen molar-refractivity contribution in [3.63, 3.8) is 0 Å². The van der Waals surface area contributed by atoms with Crippen LogP contribution in [0.1, 0.15) is 37.2 Å². The second-order valence-corrected chi connectivity index (χ2v) is 7.37. The van der Waals surface area contributed by atoms with Gasteiger partial charge in [0.1, 0.15) is 18.1 Å². The summed E-state index contributed by atoms with van der Waals surface area (Å²) in [5.74, 6) is 2.63. The number of likely N-dealkylation sites (N-methyl/N-ethyl adjacent to an activating group) is 1. The fourth-order valence-corrected chi connectivity index (χ4v) is 4.11. The first kappa shape index (κ1) is 17.2. The normalized spacial score (nSPS) is 21.8. The second kappa shape index (κ2) is 8.00. The van der Waals surface area contributed by atoms with Gasteiger partial charge >= 0.3 is 0 Å². The molecule has 0 atom stereocenters. The van der Waals surface area contributed by atoms with Crippen molar-refractivity contribution in [2.45, 2.75) is 37.6 Å². The minimum absolute atomic E-state index is 0.599. The molecule has 0 bridgehead atoms. The van der Waals surface area contributed by atoms with Crippen LogP contribution in [-0.2, 0) is 0 Å². The van der Waals surface area contributed by atoms with Crippen molar-refractivity contribution in [3.05, 3.63) is 54.1 Å². The molecule has 0 unspecified atom stereocenters. The van der Waals surface area contributed by atoms with Gasteiger partial charge in [-0.2, -0.15) is 0 Å². The Morgan fingerprint density at radius 1 is 1.08 bits per heavy atom. The summed E-state index contributed by atoms with van der Waals surface area (Å²) in [6.07, 6.45) is 5.01. The number of para-hydroxylation sites is 1. The predicted octanol–water partition coefficient (Wildman–Crippen LogP) is 4.49. The highest BCUT2D eigenvalue weighted by Gasteiger charge is 2.26. The van der Waals surface area contributed by atoms with Crippen LogP contribution in [0.15, 0.2) is 48.5 Å². The maximum Gasteiger partial charge on any atom is 0.159 e. The van der Waals surface area contributed by atoms with Crippen LogP contribution in [0.3, 0.4) is 0 Å². The molecule has 2 aromatic carbocycles. The van der Waals surface area contributed by atoms with Gasteiger partial charge in [0.2, 0.25) is 0 Å². The number of nitrogens with zero attached hydrogens (tertiary/aromatic N) is 1. The van der Waals surface area contributed by atoms with Gasteiger partial charge in [-0.15, -0.1) is 0 Å². The number of nitrogens with one attached hydrogen (secondary N) is 1. The van der Waals surface area contributed by atoms with Gasteiger partial charge < -0.3 is 19.7 Å². The predicted molar refractivity (Wildman–Crippen MR) is 105 cm³/mol. The van der Waals surface area contributed by atoms with Crippen LogP contribution in [0.5, 0.6) is 11.5 Å². The molecule has 2 aliphatic rings. The highest BCUT2D eigenvalue weighted by atomic mass is 16.5. The third-order valence-electron chi connectivity index (χ3n) is 5.74. The third-order valence-corrected chi connectivity index (χ3v) is 5.74. The van der Waals surface area contributed by atoms with E-state index in [0.717, 1.165) is 30.3 Å². The number of benzene rings is 2. The van der Waals surface area contributed by atoms with E-state index in [1.807, 2.05) is 30.3 Å². The molecule has 0 aromatic heterocycles. The largest absolute Gasteiger partial charge is 0.492 e. The Morgan fingerprint density at radius 2 is 1.88 bits per heavy atom.